The first-order chi connectivity index (χ1) is 6.38. The van der Waals surface area contributed by atoms with Gasteiger partial charge in [0.25, 0.3) is 0 Å². The van der Waals surface area contributed by atoms with Crippen LogP contribution in [0, 0.1) is 0 Å². The Labute approximate surface area is 84.2 Å². The smallest absolute Gasteiger partial charge is 0.326 e. The molecule has 0 aromatic carbocycles. The lowest BCUT2D eigenvalue weighted by atomic mass is 10.3. The number of nitrogens with two attached hydrogens (primary N) is 1. The fourth-order valence-corrected chi connectivity index (χ4v) is 1.54. The Morgan fingerprint density at radius 1 is 1.43 bits per heavy atom. The van der Waals surface area contributed by atoms with E-state index in [1.54, 1.807) is 12.1 Å². The number of hydrogen-bond acceptors (Lipinski definition) is 4. The molecule has 0 aliphatic rings. The van der Waals surface area contributed by atoms with E-state index >= 15 is 0 Å². The molecule has 0 unspecified atom stereocenters. The highest BCUT2D eigenvalue weighted by Crippen LogP contribution is 2.09. The van der Waals surface area contributed by atoms with Crippen LogP contribution in [0.5, 0.6) is 0 Å². The van der Waals surface area contributed by atoms with E-state index in [9.17, 15) is 4.79 Å². The summed E-state index contributed by atoms with van der Waals surface area (Å²) in [4.78, 5) is 15.3. The molecule has 0 bridgehead atoms. The molecule has 0 saturated heterocycles. The summed E-state index contributed by atoms with van der Waals surface area (Å²) in [6.45, 7) is 5.86. The van der Waals surface area contributed by atoms with E-state index in [4.69, 9.17) is 10.2 Å². The van der Waals surface area contributed by atoms with Gasteiger partial charge < -0.3 is 10.2 Å². The van der Waals surface area contributed by atoms with Gasteiger partial charge >= 0.3 is 5.97 Å². The Morgan fingerprint density at radius 2 is 2.07 bits per heavy atom. The SMILES string of the molecule is C[Si](C)(C)OC(=O)c1ccc(N)nc1. The van der Waals surface area contributed by atoms with Crippen LogP contribution in [0.1, 0.15) is 10.4 Å². The number of anilines is 1. The van der Waals surface area contributed by atoms with Crippen molar-refractivity contribution < 1.29 is 9.22 Å². The summed E-state index contributed by atoms with van der Waals surface area (Å²) in [5.41, 5.74) is 5.85. The molecule has 0 atom stereocenters. The monoisotopic (exact) mass is 210 g/mol. The number of pyridine rings is 1. The van der Waals surface area contributed by atoms with Gasteiger partial charge in [0.2, 0.25) is 8.32 Å². The van der Waals surface area contributed by atoms with Gasteiger partial charge in [0.15, 0.2) is 0 Å². The van der Waals surface area contributed by atoms with E-state index in [2.05, 4.69) is 4.98 Å². The molecule has 0 spiro atoms. The molecule has 0 aliphatic heterocycles. The summed E-state index contributed by atoms with van der Waals surface area (Å²) < 4.78 is 5.28. The van der Waals surface area contributed by atoms with Crippen molar-refractivity contribution in [3.63, 3.8) is 0 Å². The van der Waals surface area contributed by atoms with Crippen LogP contribution in [0.15, 0.2) is 18.3 Å². The molecule has 0 saturated carbocycles. The van der Waals surface area contributed by atoms with Crippen molar-refractivity contribution in [2.75, 3.05) is 5.73 Å². The maximum atomic E-state index is 11.5. The molecule has 0 radical (unpaired) electrons. The van der Waals surface area contributed by atoms with E-state index in [0.717, 1.165) is 0 Å². The van der Waals surface area contributed by atoms with Crippen molar-refractivity contribution in [1.29, 1.82) is 0 Å². The number of nitrogens with zero attached hydrogens (tertiary/aromatic N) is 1. The largest absolute Gasteiger partial charge is 0.516 e. The lowest BCUT2D eigenvalue weighted by Gasteiger charge is -2.16. The predicted molar refractivity (Wildman–Crippen MR) is 57.4 cm³/mol. The molecule has 5 heteroatoms. The van der Waals surface area contributed by atoms with E-state index in [1.807, 2.05) is 19.6 Å². The van der Waals surface area contributed by atoms with Crippen LogP contribution in [0.3, 0.4) is 0 Å². The van der Waals surface area contributed by atoms with Crippen LogP contribution in [0.4, 0.5) is 5.82 Å². The second kappa shape index (κ2) is 3.79. The maximum absolute atomic E-state index is 11.5. The Hall–Kier alpha value is -1.36. The molecule has 0 fully saturated rings. The minimum Gasteiger partial charge on any atom is -0.516 e. The van der Waals surface area contributed by atoms with Gasteiger partial charge in [-0.3, -0.25) is 0 Å². The summed E-state index contributed by atoms with van der Waals surface area (Å²) in [6, 6.07) is 3.20. The van der Waals surface area contributed by atoms with Crippen LogP contribution in [-0.4, -0.2) is 19.3 Å². The number of aromatic nitrogens is 1. The van der Waals surface area contributed by atoms with Gasteiger partial charge in [-0.05, 0) is 31.8 Å². The highest BCUT2D eigenvalue weighted by atomic mass is 28.4. The molecule has 14 heavy (non-hydrogen) atoms. The van der Waals surface area contributed by atoms with Crippen molar-refractivity contribution in [2.45, 2.75) is 19.6 Å². The fraction of sp³-hybridized carbons (Fsp3) is 0.333. The van der Waals surface area contributed by atoms with Crippen molar-refractivity contribution in [1.82, 2.24) is 4.98 Å². The summed E-state index contributed by atoms with van der Waals surface area (Å²) in [6.07, 6.45) is 1.43. The van der Waals surface area contributed by atoms with Crippen LogP contribution in [-0.2, 0) is 4.43 Å². The summed E-state index contributed by atoms with van der Waals surface area (Å²) in [5.74, 6) is 0.0752. The second-order valence-electron chi connectivity index (χ2n) is 3.97. The van der Waals surface area contributed by atoms with Crippen LogP contribution in [0.2, 0.25) is 19.6 Å². The van der Waals surface area contributed by atoms with Gasteiger partial charge in [-0.1, -0.05) is 0 Å². The third-order valence-corrected chi connectivity index (χ3v) is 2.22. The quantitative estimate of drug-likeness (QED) is 0.754. The average Bonchev–Trinajstić information content (AvgIpc) is 2.02. The molecular formula is C9H14N2O2Si. The van der Waals surface area contributed by atoms with Gasteiger partial charge in [-0.2, -0.15) is 0 Å². The van der Waals surface area contributed by atoms with Gasteiger partial charge in [-0.15, -0.1) is 0 Å². The normalized spacial score (nSPS) is 11.1. The number of hydrogen-bond donors (Lipinski definition) is 1. The first-order valence-electron chi connectivity index (χ1n) is 4.33. The maximum Gasteiger partial charge on any atom is 0.326 e. The average molecular weight is 210 g/mol. The van der Waals surface area contributed by atoms with E-state index in [0.29, 0.717) is 11.4 Å². The Kier molecular flexibility index (Phi) is 2.90. The van der Waals surface area contributed by atoms with Crippen molar-refractivity contribution in [3.8, 4) is 0 Å². The molecule has 4 nitrogen and oxygen atoms in total. The zero-order chi connectivity index (χ0) is 10.8. The third-order valence-electron chi connectivity index (χ3n) is 1.42. The van der Waals surface area contributed by atoms with Gasteiger partial charge in [0, 0.05) is 6.20 Å². The zero-order valence-electron chi connectivity index (χ0n) is 8.57. The van der Waals surface area contributed by atoms with Gasteiger partial charge in [0.1, 0.15) is 5.82 Å². The topological polar surface area (TPSA) is 65.2 Å². The standard InChI is InChI=1S/C9H14N2O2Si/c1-14(2,3)13-9(12)7-4-5-8(10)11-6-7/h4-6H,1-3H3,(H2,10,11). The van der Waals surface area contributed by atoms with E-state index in [1.165, 1.54) is 6.20 Å². The Bertz CT molecular complexity index is 330. The van der Waals surface area contributed by atoms with Gasteiger partial charge in [-0.25, -0.2) is 9.78 Å². The summed E-state index contributed by atoms with van der Waals surface area (Å²) >= 11 is 0. The molecule has 1 rings (SSSR count). The third kappa shape index (κ3) is 3.18. The highest BCUT2D eigenvalue weighted by Gasteiger charge is 2.20. The lowest BCUT2D eigenvalue weighted by Crippen LogP contribution is -2.29. The van der Waals surface area contributed by atoms with E-state index in [-0.39, 0.29) is 5.97 Å². The molecule has 0 aliphatic carbocycles. The number of nitrogen functional groups attached to an aromatic ring is 1. The minimum absolute atomic E-state index is 0.323. The first-order valence-corrected chi connectivity index (χ1v) is 7.74. The summed E-state index contributed by atoms with van der Waals surface area (Å²) in [7, 11) is -1.83. The first kappa shape index (κ1) is 10.7. The molecule has 1 aromatic heterocycles. The summed E-state index contributed by atoms with van der Waals surface area (Å²) in [5, 5.41) is 0. The molecule has 1 heterocycles. The van der Waals surface area contributed by atoms with Crippen molar-refractivity contribution >= 4 is 20.1 Å². The van der Waals surface area contributed by atoms with Gasteiger partial charge in [0.05, 0.1) is 5.56 Å². The predicted octanol–water partition coefficient (Wildman–Crippen LogP) is 1.66. The lowest BCUT2D eigenvalue weighted by molar-refractivity contribution is 0.0724. The fourth-order valence-electron chi connectivity index (χ4n) is 0.863. The molecular weight excluding hydrogens is 196 g/mol. The number of carbonyl (C=O) groups excluding carboxylic acids is 1. The Balaban J connectivity index is 2.76. The zero-order valence-corrected chi connectivity index (χ0v) is 9.57. The molecule has 1 aromatic rings. The minimum atomic E-state index is -1.83. The number of rotatable bonds is 2. The van der Waals surface area contributed by atoms with E-state index < -0.39 is 8.32 Å². The van der Waals surface area contributed by atoms with Crippen LogP contribution >= 0.6 is 0 Å². The molecule has 76 valence electrons. The molecule has 0 amide bonds. The van der Waals surface area contributed by atoms with Crippen molar-refractivity contribution in [3.05, 3.63) is 23.9 Å². The Morgan fingerprint density at radius 3 is 2.50 bits per heavy atom. The highest BCUT2D eigenvalue weighted by molar-refractivity contribution is 6.71. The second-order valence-corrected chi connectivity index (χ2v) is 8.40. The van der Waals surface area contributed by atoms with Crippen molar-refractivity contribution in [2.24, 2.45) is 0 Å². The van der Waals surface area contributed by atoms with Crippen LogP contribution < -0.4 is 5.73 Å². The van der Waals surface area contributed by atoms with Crippen LogP contribution in [0.25, 0.3) is 0 Å². The molecule has 2 N–H and O–H groups in total. The number of carbonyl (C=O) groups is 1.